The summed E-state index contributed by atoms with van der Waals surface area (Å²) in [6, 6.07) is 0. The van der Waals surface area contributed by atoms with E-state index in [-0.39, 0.29) is 6.61 Å². The van der Waals surface area contributed by atoms with E-state index in [1.54, 1.807) is 0 Å². The minimum Gasteiger partial charge on any atom is -0.237 e. The van der Waals surface area contributed by atoms with Crippen molar-refractivity contribution in [2.24, 2.45) is 0 Å². The van der Waals surface area contributed by atoms with Crippen LogP contribution in [-0.4, -0.2) is 12.4 Å². The molecule has 1 radical (unpaired) electrons. The number of hydrogen-bond donors (Lipinski definition) is 1. The summed E-state index contributed by atoms with van der Waals surface area (Å²) in [4.78, 5) is 0. The molecule has 0 atom stereocenters. The molecule has 0 unspecified atom stereocenters. The van der Waals surface area contributed by atoms with Crippen molar-refractivity contribution in [3.8, 4) is 0 Å². The third-order valence-corrected chi connectivity index (χ3v) is 1.62. The highest BCUT2D eigenvalue weighted by molar-refractivity contribution is 7.80. The standard InChI is InChI=1S/C7H15OS/c8-6-4-2-1-3-5-7-9/h9H,1-7H2. The van der Waals surface area contributed by atoms with Gasteiger partial charge in [0, 0.05) is 0 Å². The van der Waals surface area contributed by atoms with Gasteiger partial charge in [-0.25, -0.2) is 5.11 Å². The fourth-order valence-electron chi connectivity index (χ4n) is 0.744. The Balaban J connectivity index is 2.60. The summed E-state index contributed by atoms with van der Waals surface area (Å²) in [6.45, 7) is 0.0981. The zero-order valence-electron chi connectivity index (χ0n) is 5.81. The van der Waals surface area contributed by atoms with Crippen LogP contribution in [-0.2, 0) is 5.11 Å². The normalized spacial score (nSPS) is 10.0. The first-order valence-electron chi connectivity index (χ1n) is 3.60. The number of hydrogen-bond acceptors (Lipinski definition) is 1. The van der Waals surface area contributed by atoms with Crippen LogP contribution in [0.5, 0.6) is 0 Å². The Morgan fingerprint density at radius 2 is 1.44 bits per heavy atom. The number of rotatable bonds is 6. The summed E-state index contributed by atoms with van der Waals surface area (Å²) in [6.07, 6.45) is 5.61. The quantitative estimate of drug-likeness (QED) is 0.439. The predicted octanol–water partition coefficient (Wildman–Crippen LogP) is 2.30. The highest BCUT2D eigenvalue weighted by Crippen LogP contribution is 2.02. The van der Waals surface area contributed by atoms with Gasteiger partial charge in [-0.15, -0.1) is 0 Å². The molecule has 0 aliphatic heterocycles. The topological polar surface area (TPSA) is 19.9 Å². The van der Waals surface area contributed by atoms with E-state index in [2.05, 4.69) is 12.6 Å². The Bertz CT molecular complexity index is 42.2. The molecule has 0 heterocycles. The van der Waals surface area contributed by atoms with E-state index in [4.69, 9.17) is 0 Å². The molecule has 0 amide bonds. The second-order valence-corrected chi connectivity index (χ2v) is 2.64. The lowest BCUT2D eigenvalue weighted by Crippen LogP contribution is -1.82. The van der Waals surface area contributed by atoms with E-state index in [1.807, 2.05) is 0 Å². The van der Waals surface area contributed by atoms with Gasteiger partial charge in [0.05, 0.1) is 6.61 Å². The van der Waals surface area contributed by atoms with Gasteiger partial charge in [-0.1, -0.05) is 19.3 Å². The summed E-state index contributed by atoms with van der Waals surface area (Å²) >= 11 is 4.08. The van der Waals surface area contributed by atoms with E-state index in [9.17, 15) is 5.11 Å². The molecule has 0 aliphatic carbocycles. The van der Waals surface area contributed by atoms with Crippen LogP contribution in [0, 0.1) is 0 Å². The Hall–Kier alpha value is 0.310. The van der Waals surface area contributed by atoms with Gasteiger partial charge in [0.15, 0.2) is 0 Å². The van der Waals surface area contributed by atoms with Crippen molar-refractivity contribution in [2.75, 3.05) is 12.4 Å². The van der Waals surface area contributed by atoms with Gasteiger partial charge in [0.2, 0.25) is 0 Å². The third-order valence-electron chi connectivity index (χ3n) is 1.30. The number of unbranched alkanes of at least 4 members (excludes halogenated alkanes) is 4. The van der Waals surface area contributed by atoms with Crippen molar-refractivity contribution >= 4 is 12.6 Å². The fraction of sp³-hybridized carbons (Fsp3) is 1.00. The van der Waals surface area contributed by atoms with Gasteiger partial charge in [0.1, 0.15) is 0 Å². The van der Waals surface area contributed by atoms with Gasteiger partial charge in [-0.2, -0.15) is 12.6 Å². The largest absolute Gasteiger partial charge is 0.237 e. The summed E-state index contributed by atoms with van der Waals surface area (Å²) in [7, 11) is 0. The molecule has 0 aromatic carbocycles. The molecule has 0 N–H and O–H groups in total. The first-order chi connectivity index (χ1) is 4.41. The highest BCUT2D eigenvalue weighted by Gasteiger charge is 1.87. The smallest absolute Gasteiger partial charge is 0.0822 e. The van der Waals surface area contributed by atoms with Crippen molar-refractivity contribution in [1.82, 2.24) is 0 Å². The predicted molar refractivity (Wildman–Crippen MR) is 42.5 cm³/mol. The van der Waals surface area contributed by atoms with E-state index >= 15 is 0 Å². The zero-order valence-corrected chi connectivity index (χ0v) is 6.70. The van der Waals surface area contributed by atoms with Gasteiger partial charge in [-0.3, -0.25) is 0 Å². The molecule has 1 nitrogen and oxygen atoms in total. The van der Waals surface area contributed by atoms with Gasteiger partial charge < -0.3 is 0 Å². The Morgan fingerprint density at radius 1 is 0.889 bits per heavy atom. The molecular formula is C7H15OS. The lowest BCUT2D eigenvalue weighted by atomic mass is 10.2. The SMILES string of the molecule is [O]CCCCCCCS. The molecule has 0 spiro atoms. The van der Waals surface area contributed by atoms with Gasteiger partial charge >= 0.3 is 0 Å². The summed E-state index contributed by atoms with van der Waals surface area (Å²) in [5.41, 5.74) is 0. The van der Waals surface area contributed by atoms with Crippen molar-refractivity contribution < 1.29 is 5.11 Å². The van der Waals surface area contributed by atoms with Crippen LogP contribution in [0.25, 0.3) is 0 Å². The molecule has 0 saturated carbocycles. The van der Waals surface area contributed by atoms with Crippen LogP contribution < -0.4 is 0 Å². The van der Waals surface area contributed by atoms with E-state index in [0.717, 1.165) is 18.6 Å². The van der Waals surface area contributed by atoms with Crippen LogP contribution in [0.2, 0.25) is 0 Å². The summed E-state index contributed by atoms with van der Waals surface area (Å²) in [5.74, 6) is 0.984. The molecule has 0 aromatic rings. The lowest BCUT2D eigenvalue weighted by Gasteiger charge is -1.94. The molecule has 0 rings (SSSR count). The maximum atomic E-state index is 9.95. The average molecular weight is 147 g/mol. The van der Waals surface area contributed by atoms with Crippen LogP contribution in [0.3, 0.4) is 0 Å². The van der Waals surface area contributed by atoms with Gasteiger partial charge in [-0.05, 0) is 18.6 Å². The molecule has 0 bridgehead atoms. The van der Waals surface area contributed by atoms with E-state index in [0.29, 0.717) is 0 Å². The van der Waals surface area contributed by atoms with Crippen molar-refractivity contribution in [3.05, 3.63) is 0 Å². The Morgan fingerprint density at radius 3 is 2.00 bits per heavy atom. The number of thiol groups is 1. The van der Waals surface area contributed by atoms with Crippen LogP contribution in [0.15, 0.2) is 0 Å². The fourth-order valence-corrected chi connectivity index (χ4v) is 0.968. The van der Waals surface area contributed by atoms with Crippen molar-refractivity contribution in [2.45, 2.75) is 32.1 Å². The molecule has 9 heavy (non-hydrogen) atoms. The zero-order chi connectivity index (χ0) is 6.95. The molecule has 2 heteroatoms. The second-order valence-electron chi connectivity index (χ2n) is 2.20. The van der Waals surface area contributed by atoms with E-state index in [1.165, 1.54) is 19.3 Å². The average Bonchev–Trinajstić information content (AvgIpc) is 1.89. The first kappa shape index (κ1) is 9.31. The van der Waals surface area contributed by atoms with Gasteiger partial charge in [0.25, 0.3) is 0 Å². The minimum absolute atomic E-state index is 0.0981. The molecule has 0 fully saturated rings. The lowest BCUT2D eigenvalue weighted by molar-refractivity contribution is 0.186. The molecule has 55 valence electrons. The maximum Gasteiger partial charge on any atom is 0.0822 e. The van der Waals surface area contributed by atoms with Crippen LogP contribution >= 0.6 is 12.6 Å². The molecule has 0 saturated heterocycles. The highest BCUT2D eigenvalue weighted by atomic mass is 32.1. The molecule has 0 aliphatic rings. The Labute approximate surface area is 62.9 Å². The first-order valence-corrected chi connectivity index (χ1v) is 4.24. The Kier molecular flexibility index (Phi) is 8.60. The molecular weight excluding hydrogens is 132 g/mol. The maximum absolute atomic E-state index is 9.95. The van der Waals surface area contributed by atoms with E-state index < -0.39 is 0 Å². The van der Waals surface area contributed by atoms with Crippen molar-refractivity contribution in [1.29, 1.82) is 0 Å². The molecule has 0 aromatic heterocycles. The summed E-state index contributed by atoms with van der Waals surface area (Å²) < 4.78 is 0. The minimum atomic E-state index is 0.0981. The third kappa shape index (κ3) is 8.31. The summed E-state index contributed by atoms with van der Waals surface area (Å²) in [5, 5.41) is 9.95. The van der Waals surface area contributed by atoms with Crippen molar-refractivity contribution in [3.63, 3.8) is 0 Å². The second kappa shape index (κ2) is 8.31. The monoisotopic (exact) mass is 147 g/mol. The van der Waals surface area contributed by atoms with Crippen LogP contribution in [0.4, 0.5) is 0 Å². The van der Waals surface area contributed by atoms with Crippen LogP contribution in [0.1, 0.15) is 32.1 Å².